The largest absolute Gasteiger partial charge is 0.459 e. The molecule has 1 rings (SSSR count). The number of cyclic esters (lactones) is 1. The van der Waals surface area contributed by atoms with E-state index < -0.39 is 6.09 Å². The molecule has 0 saturated heterocycles. The van der Waals surface area contributed by atoms with Crippen molar-refractivity contribution in [1.29, 1.82) is 0 Å². The zero-order chi connectivity index (χ0) is 5.28. The van der Waals surface area contributed by atoms with Crippen LogP contribution in [0.5, 0.6) is 0 Å². The SMILES string of the molecule is C=C1N=NC(=O)O1. The maximum absolute atomic E-state index is 9.91. The zero-order valence-electron chi connectivity index (χ0n) is 3.42. The van der Waals surface area contributed by atoms with E-state index in [-0.39, 0.29) is 5.88 Å². The van der Waals surface area contributed by atoms with E-state index in [0.717, 1.165) is 0 Å². The second-order valence-corrected chi connectivity index (χ2v) is 0.962. The molecule has 1 aliphatic rings. The highest BCUT2D eigenvalue weighted by Gasteiger charge is 2.08. The number of nitrogens with zero attached hydrogens (tertiary/aromatic N) is 2. The normalized spacial score (nSPS) is 17.7. The Morgan fingerprint density at radius 3 is 2.43 bits per heavy atom. The summed E-state index contributed by atoms with van der Waals surface area (Å²) >= 11 is 0. The van der Waals surface area contributed by atoms with E-state index in [1.807, 2.05) is 0 Å². The Balaban J connectivity index is 2.76. The summed E-state index contributed by atoms with van der Waals surface area (Å²) in [7, 11) is 0. The Morgan fingerprint density at radius 1 is 1.57 bits per heavy atom. The number of amides is 1. The maximum Gasteiger partial charge on any atom is 0.459 e. The van der Waals surface area contributed by atoms with Gasteiger partial charge in [-0.2, -0.15) is 0 Å². The van der Waals surface area contributed by atoms with E-state index in [4.69, 9.17) is 0 Å². The third kappa shape index (κ3) is 0.623. The number of carbonyl (C=O) groups is 1. The Labute approximate surface area is 39.5 Å². The number of rotatable bonds is 0. The van der Waals surface area contributed by atoms with E-state index >= 15 is 0 Å². The Bertz CT molecular complexity index is 133. The van der Waals surface area contributed by atoms with Crippen molar-refractivity contribution in [2.75, 3.05) is 0 Å². The molecule has 0 bridgehead atoms. The van der Waals surface area contributed by atoms with Crippen LogP contribution in [-0.2, 0) is 4.74 Å². The summed E-state index contributed by atoms with van der Waals surface area (Å²) in [4.78, 5) is 9.91. The minimum absolute atomic E-state index is 0.0602. The first-order chi connectivity index (χ1) is 3.29. The second kappa shape index (κ2) is 1.14. The van der Waals surface area contributed by atoms with Crippen molar-refractivity contribution in [3.63, 3.8) is 0 Å². The highest BCUT2D eigenvalue weighted by molar-refractivity contribution is 5.70. The molecule has 1 amide bonds. The summed E-state index contributed by atoms with van der Waals surface area (Å²) in [5, 5.41) is 6.16. The van der Waals surface area contributed by atoms with Gasteiger partial charge in [-0.15, -0.1) is 5.11 Å². The lowest BCUT2D eigenvalue weighted by atomic mass is 11.0. The molecule has 0 aliphatic carbocycles. The van der Waals surface area contributed by atoms with Gasteiger partial charge in [0.05, 0.1) is 0 Å². The molecule has 0 radical (unpaired) electrons. The fourth-order valence-corrected chi connectivity index (χ4v) is 0.238. The van der Waals surface area contributed by atoms with E-state index in [9.17, 15) is 4.79 Å². The fourth-order valence-electron chi connectivity index (χ4n) is 0.238. The van der Waals surface area contributed by atoms with Gasteiger partial charge in [0.15, 0.2) is 0 Å². The van der Waals surface area contributed by atoms with Gasteiger partial charge in [0, 0.05) is 0 Å². The molecule has 0 fully saturated rings. The van der Waals surface area contributed by atoms with Crippen LogP contribution in [0.25, 0.3) is 0 Å². The average Bonchev–Trinajstić information content (AvgIpc) is 1.87. The lowest BCUT2D eigenvalue weighted by molar-refractivity contribution is 0.196. The van der Waals surface area contributed by atoms with Crippen LogP contribution in [0.4, 0.5) is 4.79 Å². The first-order valence-electron chi connectivity index (χ1n) is 1.61. The lowest BCUT2D eigenvalue weighted by Crippen LogP contribution is -1.84. The van der Waals surface area contributed by atoms with Crippen LogP contribution in [0, 0.1) is 0 Å². The first-order valence-corrected chi connectivity index (χ1v) is 1.61. The van der Waals surface area contributed by atoms with Gasteiger partial charge in [-0.3, -0.25) is 0 Å². The molecule has 1 aliphatic heterocycles. The second-order valence-electron chi connectivity index (χ2n) is 0.962. The molecule has 0 aromatic heterocycles. The zero-order valence-corrected chi connectivity index (χ0v) is 3.42. The fraction of sp³-hybridized carbons (Fsp3) is 0. The molecule has 0 saturated carbocycles. The van der Waals surface area contributed by atoms with Crippen LogP contribution >= 0.6 is 0 Å². The number of azo groups is 1. The van der Waals surface area contributed by atoms with Crippen molar-refractivity contribution >= 4 is 6.09 Å². The summed E-state index contributed by atoms with van der Waals surface area (Å²) in [6.07, 6.45) is -0.690. The Morgan fingerprint density at radius 2 is 2.29 bits per heavy atom. The van der Waals surface area contributed by atoms with Gasteiger partial charge in [-0.1, -0.05) is 5.11 Å². The lowest BCUT2D eigenvalue weighted by Gasteiger charge is -1.80. The summed E-state index contributed by atoms with van der Waals surface area (Å²) in [6, 6.07) is 0. The van der Waals surface area contributed by atoms with Gasteiger partial charge in [0.25, 0.3) is 0 Å². The highest BCUT2D eigenvalue weighted by Crippen LogP contribution is 2.06. The third-order valence-electron chi connectivity index (χ3n) is 0.448. The highest BCUT2D eigenvalue weighted by atomic mass is 16.6. The monoisotopic (exact) mass is 98.0 g/mol. The molecule has 0 spiro atoms. The molecule has 0 unspecified atom stereocenters. The molecule has 7 heavy (non-hydrogen) atoms. The maximum atomic E-state index is 9.91. The number of hydrogen-bond acceptors (Lipinski definition) is 3. The summed E-state index contributed by atoms with van der Waals surface area (Å²) < 4.78 is 4.19. The van der Waals surface area contributed by atoms with Crippen molar-refractivity contribution < 1.29 is 9.53 Å². The van der Waals surface area contributed by atoms with E-state index in [0.29, 0.717) is 0 Å². The number of carbonyl (C=O) groups excluding carboxylic acids is 1. The summed E-state index contributed by atoms with van der Waals surface area (Å²) in [5.41, 5.74) is 0. The average molecular weight is 98.1 g/mol. The molecular formula is C3H2N2O2. The molecule has 0 aromatic rings. The van der Waals surface area contributed by atoms with E-state index in [2.05, 4.69) is 21.5 Å². The van der Waals surface area contributed by atoms with Crippen LogP contribution in [-0.4, -0.2) is 6.09 Å². The minimum atomic E-state index is -0.690. The van der Waals surface area contributed by atoms with E-state index in [1.54, 1.807) is 0 Å². The first kappa shape index (κ1) is 3.98. The van der Waals surface area contributed by atoms with Crippen molar-refractivity contribution in [2.45, 2.75) is 0 Å². The molecule has 0 N–H and O–H groups in total. The molecule has 0 atom stereocenters. The summed E-state index contributed by atoms with van der Waals surface area (Å²) in [5.74, 6) is 0.0602. The van der Waals surface area contributed by atoms with Crippen LogP contribution in [0.1, 0.15) is 0 Å². The topological polar surface area (TPSA) is 51.0 Å². The Hall–Kier alpha value is -1.19. The predicted octanol–water partition coefficient (Wildman–Crippen LogP) is 1.06. The van der Waals surface area contributed by atoms with Crippen LogP contribution < -0.4 is 0 Å². The molecular weight excluding hydrogens is 96.0 g/mol. The molecule has 4 heteroatoms. The van der Waals surface area contributed by atoms with Crippen molar-refractivity contribution in [3.05, 3.63) is 12.5 Å². The quantitative estimate of drug-likeness (QED) is 0.454. The molecule has 0 aromatic carbocycles. The van der Waals surface area contributed by atoms with E-state index in [1.165, 1.54) is 0 Å². The smallest absolute Gasteiger partial charge is 0.388 e. The van der Waals surface area contributed by atoms with Gasteiger partial charge < -0.3 is 4.74 Å². The van der Waals surface area contributed by atoms with Gasteiger partial charge in [0.2, 0.25) is 5.88 Å². The van der Waals surface area contributed by atoms with Crippen LogP contribution in [0.3, 0.4) is 0 Å². The van der Waals surface area contributed by atoms with Gasteiger partial charge in [-0.05, 0) is 6.58 Å². The third-order valence-corrected chi connectivity index (χ3v) is 0.448. The van der Waals surface area contributed by atoms with Crippen molar-refractivity contribution in [2.24, 2.45) is 10.2 Å². The van der Waals surface area contributed by atoms with Gasteiger partial charge >= 0.3 is 6.09 Å². The Kier molecular flexibility index (Phi) is 0.651. The minimum Gasteiger partial charge on any atom is -0.388 e. The standard InChI is InChI=1S/C3H2N2O2/c1-2-4-5-3(6)7-2/h1H2. The van der Waals surface area contributed by atoms with Gasteiger partial charge in [-0.25, -0.2) is 4.79 Å². The molecule has 4 nitrogen and oxygen atoms in total. The summed E-state index contributed by atoms with van der Waals surface area (Å²) in [6.45, 7) is 3.20. The predicted molar refractivity (Wildman–Crippen MR) is 20.5 cm³/mol. The molecule has 1 heterocycles. The molecule has 36 valence electrons. The number of hydrogen-bond donors (Lipinski definition) is 0. The van der Waals surface area contributed by atoms with Crippen LogP contribution in [0.2, 0.25) is 0 Å². The van der Waals surface area contributed by atoms with Crippen molar-refractivity contribution in [3.8, 4) is 0 Å². The van der Waals surface area contributed by atoms with Crippen LogP contribution in [0.15, 0.2) is 22.7 Å². The van der Waals surface area contributed by atoms with Gasteiger partial charge in [0.1, 0.15) is 0 Å². The van der Waals surface area contributed by atoms with Crippen molar-refractivity contribution in [1.82, 2.24) is 0 Å². The number of ether oxygens (including phenoxy) is 1.